The van der Waals surface area contributed by atoms with Crippen LogP contribution in [0.2, 0.25) is 0 Å². The third kappa shape index (κ3) is 9.72. The highest BCUT2D eigenvalue weighted by atomic mass is 32.2. The minimum absolute atomic E-state index is 0.604. The Bertz CT molecular complexity index is 142. The molecule has 0 aliphatic rings. The van der Waals surface area contributed by atoms with Gasteiger partial charge in [-0.15, -0.1) is 0 Å². The summed E-state index contributed by atoms with van der Waals surface area (Å²) in [5.74, 6) is 2.38. The van der Waals surface area contributed by atoms with Crippen LogP contribution in [0.4, 0.5) is 0 Å². The smallest absolute Gasteiger partial charge is 0.0621 e. The average molecular weight is 200 g/mol. The van der Waals surface area contributed by atoms with Gasteiger partial charge in [0.1, 0.15) is 0 Å². The van der Waals surface area contributed by atoms with Crippen molar-refractivity contribution in [2.24, 2.45) is 0 Å². The van der Waals surface area contributed by atoms with E-state index in [-0.39, 0.29) is 0 Å². The molecule has 0 amide bonds. The van der Waals surface area contributed by atoms with Gasteiger partial charge in [-0.2, -0.15) is 17.0 Å². The molecule has 0 spiro atoms. The Morgan fingerprint density at radius 2 is 2.23 bits per heavy atom. The summed E-state index contributed by atoms with van der Waals surface area (Å²) in [7, 11) is 0. The standard InChI is InChI=1S/C10H20N2S/c1-3-13-9-10(2)12-8-6-4-5-7-11/h10,12H,3-6,8-9H2,1-2H3. The van der Waals surface area contributed by atoms with Gasteiger partial charge in [-0.1, -0.05) is 6.92 Å². The quantitative estimate of drug-likeness (QED) is 0.611. The van der Waals surface area contributed by atoms with Crippen molar-refractivity contribution in [1.82, 2.24) is 5.32 Å². The van der Waals surface area contributed by atoms with Crippen LogP contribution < -0.4 is 5.32 Å². The van der Waals surface area contributed by atoms with Crippen molar-refractivity contribution in [2.45, 2.75) is 39.2 Å². The summed E-state index contributed by atoms with van der Waals surface area (Å²) >= 11 is 1.97. The molecule has 0 aliphatic carbocycles. The number of nitriles is 1. The number of thioether (sulfide) groups is 1. The van der Waals surface area contributed by atoms with E-state index in [1.54, 1.807) is 0 Å². The van der Waals surface area contributed by atoms with Crippen LogP contribution in [-0.2, 0) is 0 Å². The number of nitrogens with one attached hydrogen (secondary N) is 1. The van der Waals surface area contributed by atoms with E-state index in [1.165, 1.54) is 11.5 Å². The second-order valence-corrected chi connectivity index (χ2v) is 4.45. The molecule has 0 heterocycles. The zero-order chi connectivity index (χ0) is 9.94. The van der Waals surface area contributed by atoms with E-state index in [1.807, 2.05) is 11.8 Å². The van der Waals surface area contributed by atoms with Gasteiger partial charge in [-0.05, 0) is 32.1 Å². The fourth-order valence-electron chi connectivity index (χ4n) is 1.03. The van der Waals surface area contributed by atoms with Gasteiger partial charge < -0.3 is 5.32 Å². The number of unbranched alkanes of at least 4 members (excludes halogenated alkanes) is 2. The maximum Gasteiger partial charge on any atom is 0.0621 e. The van der Waals surface area contributed by atoms with E-state index in [0.29, 0.717) is 12.5 Å². The molecule has 0 saturated carbocycles. The lowest BCUT2D eigenvalue weighted by atomic mass is 10.2. The first-order valence-electron chi connectivity index (χ1n) is 4.99. The SMILES string of the molecule is CCSCC(C)NCCCCC#N. The van der Waals surface area contributed by atoms with Crippen LogP contribution in [0.3, 0.4) is 0 Å². The third-order valence-electron chi connectivity index (χ3n) is 1.78. The third-order valence-corrected chi connectivity index (χ3v) is 2.92. The van der Waals surface area contributed by atoms with Crippen molar-refractivity contribution in [3.8, 4) is 6.07 Å². The predicted octanol–water partition coefficient (Wildman–Crippen LogP) is 2.41. The molecule has 0 aromatic carbocycles. The zero-order valence-electron chi connectivity index (χ0n) is 8.68. The van der Waals surface area contributed by atoms with Gasteiger partial charge in [-0.25, -0.2) is 0 Å². The minimum Gasteiger partial charge on any atom is -0.313 e. The van der Waals surface area contributed by atoms with E-state index in [9.17, 15) is 0 Å². The number of rotatable bonds is 8. The van der Waals surface area contributed by atoms with Crippen molar-refractivity contribution < 1.29 is 0 Å². The first-order valence-corrected chi connectivity index (χ1v) is 6.14. The lowest BCUT2D eigenvalue weighted by Crippen LogP contribution is -2.29. The molecule has 3 heteroatoms. The van der Waals surface area contributed by atoms with Crippen LogP contribution in [0.5, 0.6) is 0 Å². The zero-order valence-corrected chi connectivity index (χ0v) is 9.49. The molecule has 0 fully saturated rings. The molecule has 1 N–H and O–H groups in total. The average Bonchev–Trinajstić information content (AvgIpc) is 2.14. The molecule has 0 rings (SSSR count). The predicted molar refractivity (Wildman–Crippen MR) is 59.9 cm³/mol. The Morgan fingerprint density at radius 1 is 1.46 bits per heavy atom. The van der Waals surface area contributed by atoms with Crippen molar-refractivity contribution in [3.63, 3.8) is 0 Å². The minimum atomic E-state index is 0.604. The summed E-state index contributed by atoms with van der Waals surface area (Å²) in [5, 5.41) is 11.8. The van der Waals surface area contributed by atoms with Crippen LogP contribution in [0.25, 0.3) is 0 Å². The van der Waals surface area contributed by atoms with Gasteiger partial charge in [0.15, 0.2) is 0 Å². The summed E-state index contributed by atoms with van der Waals surface area (Å²) in [6.07, 6.45) is 2.84. The van der Waals surface area contributed by atoms with Crippen molar-refractivity contribution >= 4 is 11.8 Å². The van der Waals surface area contributed by atoms with Gasteiger partial charge in [0.25, 0.3) is 0 Å². The van der Waals surface area contributed by atoms with Crippen LogP contribution in [0, 0.1) is 11.3 Å². The van der Waals surface area contributed by atoms with Crippen LogP contribution >= 0.6 is 11.8 Å². The molecule has 0 aromatic rings. The van der Waals surface area contributed by atoms with Crippen LogP contribution in [0.1, 0.15) is 33.1 Å². The van der Waals surface area contributed by atoms with Crippen LogP contribution in [-0.4, -0.2) is 24.1 Å². The largest absolute Gasteiger partial charge is 0.313 e. The Hall–Kier alpha value is -0.200. The van der Waals surface area contributed by atoms with E-state index in [0.717, 1.165) is 19.4 Å². The molecule has 0 aromatic heterocycles. The number of hydrogen-bond acceptors (Lipinski definition) is 3. The first kappa shape index (κ1) is 12.8. The van der Waals surface area contributed by atoms with Crippen molar-refractivity contribution in [2.75, 3.05) is 18.1 Å². The van der Waals surface area contributed by atoms with Gasteiger partial charge >= 0.3 is 0 Å². The number of nitrogens with zero attached hydrogens (tertiary/aromatic N) is 1. The Kier molecular flexibility index (Phi) is 9.73. The second kappa shape index (κ2) is 9.88. The van der Waals surface area contributed by atoms with Gasteiger partial charge in [0.05, 0.1) is 6.07 Å². The number of hydrogen-bond donors (Lipinski definition) is 1. The van der Waals surface area contributed by atoms with Crippen molar-refractivity contribution in [3.05, 3.63) is 0 Å². The van der Waals surface area contributed by atoms with Crippen LogP contribution in [0.15, 0.2) is 0 Å². The molecule has 2 nitrogen and oxygen atoms in total. The van der Waals surface area contributed by atoms with E-state index < -0.39 is 0 Å². The topological polar surface area (TPSA) is 35.8 Å². The highest BCUT2D eigenvalue weighted by molar-refractivity contribution is 7.99. The molecule has 76 valence electrons. The molecule has 0 saturated heterocycles. The highest BCUT2D eigenvalue weighted by Gasteiger charge is 1.98. The van der Waals surface area contributed by atoms with E-state index in [2.05, 4.69) is 25.2 Å². The van der Waals surface area contributed by atoms with E-state index >= 15 is 0 Å². The summed E-state index contributed by atoms with van der Waals surface area (Å²) in [6, 6.07) is 2.76. The summed E-state index contributed by atoms with van der Waals surface area (Å²) in [6.45, 7) is 5.45. The van der Waals surface area contributed by atoms with Gasteiger partial charge in [0.2, 0.25) is 0 Å². The monoisotopic (exact) mass is 200 g/mol. The highest BCUT2D eigenvalue weighted by Crippen LogP contribution is 2.01. The second-order valence-electron chi connectivity index (χ2n) is 3.13. The summed E-state index contributed by atoms with van der Waals surface area (Å²) in [4.78, 5) is 0. The van der Waals surface area contributed by atoms with Gasteiger partial charge in [0, 0.05) is 18.2 Å². The Labute approximate surface area is 86.1 Å². The molecule has 1 unspecified atom stereocenters. The fraction of sp³-hybridized carbons (Fsp3) is 0.900. The van der Waals surface area contributed by atoms with Gasteiger partial charge in [-0.3, -0.25) is 0 Å². The maximum atomic E-state index is 8.32. The molecule has 1 atom stereocenters. The lowest BCUT2D eigenvalue weighted by Gasteiger charge is -2.12. The van der Waals surface area contributed by atoms with E-state index in [4.69, 9.17) is 5.26 Å². The lowest BCUT2D eigenvalue weighted by molar-refractivity contribution is 0.565. The molecular weight excluding hydrogens is 180 g/mol. The first-order chi connectivity index (χ1) is 6.31. The summed E-state index contributed by atoms with van der Waals surface area (Å²) in [5.41, 5.74) is 0. The molecule has 0 radical (unpaired) electrons. The fourth-order valence-corrected chi connectivity index (χ4v) is 1.74. The molecule has 0 bridgehead atoms. The normalized spacial score (nSPS) is 12.4. The Balaban J connectivity index is 3.08. The molecular formula is C10H20N2S. The summed E-state index contributed by atoms with van der Waals surface area (Å²) < 4.78 is 0. The maximum absolute atomic E-state index is 8.32. The Morgan fingerprint density at radius 3 is 2.85 bits per heavy atom. The van der Waals surface area contributed by atoms with Crippen molar-refractivity contribution in [1.29, 1.82) is 5.26 Å². The molecule has 13 heavy (non-hydrogen) atoms. The molecule has 0 aliphatic heterocycles.